The molecule has 1 amide bonds. The number of hydrogen-bond acceptors (Lipinski definition) is 7. The molecule has 0 radical (unpaired) electrons. The molecule has 2 aromatic heterocycles. The van der Waals surface area contributed by atoms with Crippen molar-refractivity contribution in [3.8, 4) is 5.75 Å². The number of rotatable bonds is 5. The van der Waals surface area contributed by atoms with E-state index in [2.05, 4.69) is 24.0 Å². The largest absolute Gasteiger partial charge is 0.497 e. The molecule has 9 heteroatoms. The van der Waals surface area contributed by atoms with Crippen molar-refractivity contribution in [3.05, 3.63) is 80.4 Å². The summed E-state index contributed by atoms with van der Waals surface area (Å²) in [5, 5.41) is 9.74. The lowest BCUT2D eigenvalue weighted by Gasteiger charge is -2.22. The minimum absolute atomic E-state index is 0.0689. The monoisotopic (exact) mass is 465 g/mol. The van der Waals surface area contributed by atoms with Gasteiger partial charge in [0, 0.05) is 6.42 Å². The maximum absolute atomic E-state index is 13.9. The van der Waals surface area contributed by atoms with Gasteiger partial charge >= 0.3 is 0 Å². The zero-order valence-electron chi connectivity index (χ0n) is 18.2. The van der Waals surface area contributed by atoms with Gasteiger partial charge in [0.25, 0.3) is 5.91 Å². The van der Waals surface area contributed by atoms with Crippen molar-refractivity contribution in [2.24, 2.45) is 5.92 Å². The van der Waals surface area contributed by atoms with E-state index < -0.39 is 23.2 Å². The van der Waals surface area contributed by atoms with Crippen LogP contribution in [0.5, 0.6) is 5.75 Å². The minimum Gasteiger partial charge on any atom is -0.497 e. The van der Waals surface area contributed by atoms with Crippen LogP contribution in [0.3, 0.4) is 0 Å². The Morgan fingerprint density at radius 2 is 1.91 bits per heavy atom. The van der Waals surface area contributed by atoms with Crippen molar-refractivity contribution >= 4 is 33.3 Å². The Morgan fingerprint density at radius 1 is 1.15 bits per heavy atom. The Hall–Kier alpha value is -3.59. The van der Waals surface area contributed by atoms with Gasteiger partial charge in [-0.3, -0.25) is 14.5 Å². The van der Waals surface area contributed by atoms with E-state index in [0.29, 0.717) is 22.4 Å². The molecule has 0 spiro atoms. The van der Waals surface area contributed by atoms with Crippen molar-refractivity contribution in [2.45, 2.75) is 26.3 Å². The number of carbonyl (C=O) groups is 1. The molecule has 3 heterocycles. The summed E-state index contributed by atoms with van der Waals surface area (Å²) in [7, 11) is 1.56. The highest BCUT2D eigenvalue weighted by Crippen LogP contribution is 2.42. The number of fused-ring (bicyclic) bond motifs is 2. The molecule has 1 aliphatic rings. The standard InChI is InChI=1S/C24H20FN3O4S/c1-12(2)10-18-26-27-24(33-18)28-20(13-4-7-15(31-3)8-5-13)19-21(29)16-11-14(25)6-9-17(16)32-22(19)23(28)30/h4-9,11-12,20H,10H2,1-3H3/t20-/m1/s1. The van der Waals surface area contributed by atoms with Gasteiger partial charge in [0.15, 0.2) is 5.43 Å². The molecule has 0 N–H and O–H groups in total. The Bertz CT molecular complexity index is 1430. The maximum atomic E-state index is 13.9. The van der Waals surface area contributed by atoms with Gasteiger partial charge < -0.3 is 9.15 Å². The highest BCUT2D eigenvalue weighted by Gasteiger charge is 2.45. The van der Waals surface area contributed by atoms with E-state index in [9.17, 15) is 14.0 Å². The number of benzene rings is 2. The summed E-state index contributed by atoms with van der Waals surface area (Å²) >= 11 is 1.31. The molecule has 168 valence electrons. The number of anilines is 1. The first-order chi connectivity index (χ1) is 15.9. The Balaban J connectivity index is 1.73. The lowest BCUT2D eigenvalue weighted by atomic mass is 9.98. The molecule has 0 aliphatic carbocycles. The summed E-state index contributed by atoms with van der Waals surface area (Å²) in [6.07, 6.45) is 0.722. The third kappa shape index (κ3) is 3.58. The van der Waals surface area contributed by atoms with Gasteiger partial charge in [-0.25, -0.2) is 4.39 Å². The number of carbonyl (C=O) groups excluding carboxylic acids is 1. The van der Waals surface area contributed by atoms with Crippen LogP contribution in [0, 0.1) is 11.7 Å². The second kappa shape index (κ2) is 8.08. The quantitative estimate of drug-likeness (QED) is 0.423. The Labute approximate surface area is 192 Å². The number of hydrogen-bond donors (Lipinski definition) is 0. The van der Waals surface area contributed by atoms with Crippen molar-refractivity contribution in [1.82, 2.24) is 10.2 Å². The van der Waals surface area contributed by atoms with Gasteiger partial charge in [-0.05, 0) is 41.8 Å². The lowest BCUT2D eigenvalue weighted by Crippen LogP contribution is -2.29. The summed E-state index contributed by atoms with van der Waals surface area (Å²) in [4.78, 5) is 28.5. The highest BCUT2D eigenvalue weighted by molar-refractivity contribution is 7.15. The molecule has 2 aromatic carbocycles. The SMILES string of the molecule is COc1ccc([C@@H]2c3c(oc4ccc(F)cc4c3=O)C(=O)N2c2nnc(CC(C)C)s2)cc1. The molecule has 7 nitrogen and oxygen atoms in total. The van der Waals surface area contributed by atoms with Crippen LogP contribution < -0.4 is 15.1 Å². The number of ether oxygens (including phenoxy) is 1. The van der Waals surface area contributed by atoms with Crippen LogP contribution in [0.1, 0.15) is 46.6 Å². The zero-order chi connectivity index (χ0) is 23.3. The summed E-state index contributed by atoms with van der Waals surface area (Å²) < 4.78 is 25.0. The number of amides is 1. The zero-order valence-corrected chi connectivity index (χ0v) is 19.0. The number of aromatic nitrogens is 2. The molecule has 0 fully saturated rings. The first kappa shape index (κ1) is 21.3. The summed E-state index contributed by atoms with van der Waals surface area (Å²) in [5.74, 6) is -0.1000. The first-order valence-electron chi connectivity index (χ1n) is 10.4. The van der Waals surface area contributed by atoms with Gasteiger partial charge in [0.2, 0.25) is 10.9 Å². The van der Waals surface area contributed by atoms with Gasteiger partial charge in [-0.15, -0.1) is 10.2 Å². The molecule has 5 rings (SSSR count). The van der Waals surface area contributed by atoms with Crippen LogP contribution in [0.15, 0.2) is 51.7 Å². The van der Waals surface area contributed by atoms with Crippen LogP contribution in [-0.2, 0) is 6.42 Å². The fraction of sp³-hybridized carbons (Fsp3) is 0.250. The molecular formula is C24H20FN3O4S. The van der Waals surface area contributed by atoms with E-state index in [1.165, 1.54) is 28.4 Å². The summed E-state index contributed by atoms with van der Waals surface area (Å²) in [6, 6.07) is 9.96. The molecule has 33 heavy (non-hydrogen) atoms. The van der Waals surface area contributed by atoms with E-state index in [1.54, 1.807) is 31.4 Å². The second-order valence-electron chi connectivity index (χ2n) is 8.24. The van der Waals surface area contributed by atoms with Crippen molar-refractivity contribution in [2.75, 3.05) is 12.0 Å². The van der Waals surface area contributed by atoms with Crippen LogP contribution in [0.25, 0.3) is 11.0 Å². The molecular weight excluding hydrogens is 445 g/mol. The second-order valence-corrected chi connectivity index (χ2v) is 9.28. The highest BCUT2D eigenvalue weighted by atomic mass is 32.1. The smallest absolute Gasteiger partial charge is 0.297 e. The lowest BCUT2D eigenvalue weighted by molar-refractivity contribution is 0.0970. The molecule has 0 saturated carbocycles. The normalized spacial score (nSPS) is 15.5. The average molecular weight is 466 g/mol. The third-order valence-electron chi connectivity index (χ3n) is 5.51. The molecule has 0 unspecified atom stereocenters. The van der Waals surface area contributed by atoms with Crippen molar-refractivity contribution in [1.29, 1.82) is 0 Å². The van der Waals surface area contributed by atoms with Gasteiger partial charge in [-0.1, -0.05) is 37.3 Å². The molecule has 0 bridgehead atoms. The Morgan fingerprint density at radius 3 is 2.61 bits per heavy atom. The number of nitrogens with zero attached hydrogens (tertiary/aromatic N) is 3. The van der Waals surface area contributed by atoms with E-state index >= 15 is 0 Å². The topological polar surface area (TPSA) is 85.5 Å². The van der Waals surface area contributed by atoms with E-state index in [1.807, 2.05) is 0 Å². The molecule has 1 atom stereocenters. The van der Waals surface area contributed by atoms with Crippen LogP contribution in [0.4, 0.5) is 9.52 Å². The molecule has 1 aliphatic heterocycles. The number of methoxy groups -OCH3 is 1. The predicted molar refractivity (Wildman–Crippen MR) is 123 cm³/mol. The van der Waals surface area contributed by atoms with Crippen molar-refractivity contribution in [3.63, 3.8) is 0 Å². The minimum atomic E-state index is -0.790. The maximum Gasteiger partial charge on any atom is 0.297 e. The fourth-order valence-corrected chi connectivity index (χ4v) is 5.10. The average Bonchev–Trinajstić information content (AvgIpc) is 3.36. The van der Waals surface area contributed by atoms with Gasteiger partial charge in [0.1, 0.15) is 22.2 Å². The Kier molecular flexibility index (Phi) is 5.20. The van der Waals surface area contributed by atoms with Gasteiger partial charge in [-0.2, -0.15) is 0 Å². The summed E-state index contributed by atoms with van der Waals surface area (Å²) in [5.41, 5.74) is 0.534. The van der Waals surface area contributed by atoms with Crippen LogP contribution >= 0.6 is 11.3 Å². The number of halogens is 1. The van der Waals surface area contributed by atoms with E-state index in [0.717, 1.165) is 17.5 Å². The molecule has 0 saturated heterocycles. The fourth-order valence-electron chi connectivity index (χ4n) is 4.02. The van der Waals surface area contributed by atoms with Crippen LogP contribution in [0.2, 0.25) is 0 Å². The van der Waals surface area contributed by atoms with E-state index in [4.69, 9.17) is 9.15 Å². The third-order valence-corrected chi connectivity index (χ3v) is 6.45. The first-order valence-corrected chi connectivity index (χ1v) is 11.2. The summed E-state index contributed by atoms with van der Waals surface area (Å²) in [6.45, 7) is 4.15. The van der Waals surface area contributed by atoms with E-state index in [-0.39, 0.29) is 22.3 Å². The molecule has 4 aromatic rings. The van der Waals surface area contributed by atoms with Crippen molar-refractivity contribution < 1.29 is 18.3 Å². The van der Waals surface area contributed by atoms with Gasteiger partial charge in [0.05, 0.1) is 24.1 Å². The predicted octanol–water partition coefficient (Wildman–Crippen LogP) is 4.74. The van der Waals surface area contributed by atoms with Crippen LogP contribution in [-0.4, -0.2) is 23.2 Å².